The molecular formula is C29H40O9. The topological polar surface area (TPSA) is 124 Å². The van der Waals surface area contributed by atoms with E-state index in [-0.39, 0.29) is 31.8 Å². The van der Waals surface area contributed by atoms with Crippen LogP contribution in [0.15, 0.2) is 36.0 Å². The van der Waals surface area contributed by atoms with E-state index in [1.54, 1.807) is 32.1 Å². The Bertz CT molecular complexity index is 1030. The average Bonchev–Trinajstić information content (AvgIpc) is 3.64. The summed E-state index contributed by atoms with van der Waals surface area (Å²) in [7, 11) is 0. The Morgan fingerprint density at radius 1 is 1.16 bits per heavy atom. The Morgan fingerprint density at radius 3 is 2.63 bits per heavy atom. The first kappa shape index (κ1) is 27.5. The van der Waals surface area contributed by atoms with E-state index in [0.29, 0.717) is 19.4 Å². The number of cyclic esters (lactones) is 1. The monoisotopic (exact) mass is 532 g/mol. The lowest BCUT2D eigenvalue weighted by Gasteiger charge is -2.58. The van der Waals surface area contributed by atoms with Crippen molar-refractivity contribution < 1.29 is 43.5 Å². The lowest BCUT2D eigenvalue weighted by Crippen LogP contribution is -2.66. The summed E-state index contributed by atoms with van der Waals surface area (Å²) in [5.41, 5.74) is -0.638. The smallest absolute Gasteiger partial charge is 0.331 e. The third-order valence-corrected chi connectivity index (χ3v) is 9.69. The fourth-order valence-electron chi connectivity index (χ4n) is 7.02. The number of carbonyl (C=O) groups is 2. The van der Waals surface area contributed by atoms with E-state index in [0.717, 1.165) is 6.42 Å². The fraction of sp³-hybridized carbons (Fsp3) is 0.724. The second-order valence-electron chi connectivity index (χ2n) is 11.9. The molecule has 9 heteroatoms. The van der Waals surface area contributed by atoms with Gasteiger partial charge in [0, 0.05) is 17.9 Å². The number of rotatable bonds is 1. The Balaban J connectivity index is 1.50. The van der Waals surface area contributed by atoms with Crippen LogP contribution in [0.1, 0.15) is 53.4 Å². The van der Waals surface area contributed by atoms with Gasteiger partial charge in [0.25, 0.3) is 0 Å². The van der Waals surface area contributed by atoms with E-state index < -0.39 is 58.7 Å². The molecule has 0 radical (unpaired) electrons. The molecule has 0 amide bonds. The summed E-state index contributed by atoms with van der Waals surface area (Å²) in [6.45, 7) is 8.08. The molecule has 0 unspecified atom stereocenters. The van der Waals surface area contributed by atoms with Gasteiger partial charge in [0.1, 0.15) is 24.4 Å². The third kappa shape index (κ3) is 4.46. The Hall–Kier alpha value is -2.04. The molecule has 38 heavy (non-hydrogen) atoms. The van der Waals surface area contributed by atoms with Crippen LogP contribution in [0.4, 0.5) is 0 Å². The molecule has 0 aromatic rings. The predicted octanol–water partition coefficient (Wildman–Crippen LogP) is 2.39. The van der Waals surface area contributed by atoms with E-state index in [4.69, 9.17) is 23.7 Å². The molecule has 0 aromatic heterocycles. The molecule has 210 valence electrons. The normalized spacial score (nSPS) is 48.0. The minimum Gasteiger partial charge on any atom is -0.465 e. The molecule has 2 aliphatic carbocycles. The van der Waals surface area contributed by atoms with E-state index in [1.807, 2.05) is 0 Å². The van der Waals surface area contributed by atoms with Crippen LogP contribution in [0, 0.1) is 16.7 Å². The zero-order chi connectivity index (χ0) is 27.3. The maximum Gasteiger partial charge on any atom is 0.331 e. The number of ether oxygens (including phenoxy) is 5. The number of aliphatic hydroxyl groups is 2. The van der Waals surface area contributed by atoms with Crippen LogP contribution in [-0.2, 0) is 33.3 Å². The Kier molecular flexibility index (Phi) is 7.37. The SMILES string of the molecule is CC1=C[C@H]2O[C@@H]3C[C@H]4OC(=O)/C=C\C=C\[C@H]([C@@H](C)O)OC[C@H](O)[C@H](C)CC(=O)OC[C@@]2(CC1)[C@]4(C)[C@]31CO1. The first-order valence-electron chi connectivity index (χ1n) is 13.7. The van der Waals surface area contributed by atoms with Gasteiger partial charge in [-0.2, -0.15) is 0 Å². The summed E-state index contributed by atoms with van der Waals surface area (Å²) in [6, 6.07) is 0. The molecule has 0 aromatic carbocycles. The van der Waals surface area contributed by atoms with E-state index in [1.165, 1.54) is 11.6 Å². The molecule has 2 bridgehead atoms. The molecular weight excluding hydrogens is 492 g/mol. The molecule has 3 fully saturated rings. The maximum absolute atomic E-state index is 13.0. The highest BCUT2D eigenvalue weighted by molar-refractivity contribution is 5.82. The van der Waals surface area contributed by atoms with Gasteiger partial charge in [-0.05, 0) is 32.6 Å². The zero-order valence-corrected chi connectivity index (χ0v) is 22.6. The third-order valence-electron chi connectivity index (χ3n) is 9.69. The summed E-state index contributed by atoms with van der Waals surface area (Å²) in [4.78, 5) is 26.0. The molecule has 5 aliphatic rings. The minimum atomic E-state index is -0.925. The molecule has 2 N–H and O–H groups in total. The highest BCUT2D eigenvalue weighted by Crippen LogP contribution is 2.72. The van der Waals surface area contributed by atoms with Gasteiger partial charge in [-0.15, -0.1) is 0 Å². The molecule has 2 spiro atoms. The fourth-order valence-corrected chi connectivity index (χ4v) is 7.02. The lowest BCUT2D eigenvalue weighted by atomic mass is 9.51. The Labute approximate surface area is 223 Å². The quantitative estimate of drug-likeness (QED) is 0.298. The van der Waals surface area contributed by atoms with Crippen molar-refractivity contribution >= 4 is 11.9 Å². The molecule has 9 nitrogen and oxygen atoms in total. The van der Waals surface area contributed by atoms with Gasteiger partial charge >= 0.3 is 11.9 Å². The van der Waals surface area contributed by atoms with Crippen LogP contribution < -0.4 is 0 Å². The molecule has 3 aliphatic heterocycles. The van der Waals surface area contributed by atoms with Crippen molar-refractivity contribution in [3.8, 4) is 0 Å². The first-order chi connectivity index (χ1) is 18.0. The van der Waals surface area contributed by atoms with Crippen molar-refractivity contribution in [2.75, 3.05) is 19.8 Å². The van der Waals surface area contributed by atoms with Crippen molar-refractivity contribution in [1.82, 2.24) is 0 Å². The second kappa shape index (κ2) is 10.2. The molecule has 5 rings (SSSR count). The van der Waals surface area contributed by atoms with E-state index in [2.05, 4.69) is 19.9 Å². The van der Waals surface area contributed by atoms with Gasteiger partial charge in [0.05, 0.1) is 49.5 Å². The number of carbonyl (C=O) groups excluding carboxylic acids is 2. The molecule has 2 saturated heterocycles. The van der Waals surface area contributed by atoms with Crippen LogP contribution in [0.5, 0.6) is 0 Å². The molecule has 1 saturated carbocycles. The standard InChI is InChI=1S/C29H40O9/c1-17-9-10-28-15-35-26(33)12-18(2)20(31)14-34-21(19(3)30)7-5-6-8-25(32)38-22-13-24(37-23(28)11-17)29(16-36-29)27(22,28)4/h5-8,11,18-24,30-31H,9-10,12-16H2,1-4H3/b7-5+,8-6-/t18-,19-,20+,21-,22-,23-,24-,27-,28-,29+/m1/s1. The second-order valence-corrected chi connectivity index (χ2v) is 11.9. The van der Waals surface area contributed by atoms with Gasteiger partial charge < -0.3 is 33.9 Å². The number of epoxide rings is 1. The minimum absolute atomic E-state index is 0.0122. The van der Waals surface area contributed by atoms with Gasteiger partial charge in [-0.3, -0.25) is 4.79 Å². The Morgan fingerprint density at radius 2 is 1.92 bits per heavy atom. The molecule has 3 heterocycles. The van der Waals surface area contributed by atoms with E-state index in [9.17, 15) is 19.8 Å². The highest BCUT2D eigenvalue weighted by atomic mass is 16.6. The van der Waals surface area contributed by atoms with Gasteiger partial charge in [-0.1, -0.05) is 43.7 Å². The van der Waals surface area contributed by atoms with Crippen LogP contribution in [-0.4, -0.2) is 84.2 Å². The summed E-state index contributed by atoms with van der Waals surface area (Å²) >= 11 is 0. The van der Waals surface area contributed by atoms with Gasteiger partial charge in [-0.25, -0.2) is 4.79 Å². The summed E-state index contributed by atoms with van der Waals surface area (Å²) < 4.78 is 30.5. The number of hydrogen-bond acceptors (Lipinski definition) is 9. The largest absolute Gasteiger partial charge is 0.465 e. The van der Waals surface area contributed by atoms with Gasteiger partial charge in [0.2, 0.25) is 0 Å². The van der Waals surface area contributed by atoms with Crippen molar-refractivity contribution in [3.63, 3.8) is 0 Å². The van der Waals surface area contributed by atoms with E-state index >= 15 is 0 Å². The van der Waals surface area contributed by atoms with Crippen molar-refractivity contribution in [2.24, 2.45) is 16.7 Å². The average molecular weight is 533 g/mol. The molecule has 10 atom stereocenters. The van der Waals surface area contributed by atoms with Gasteiger partial charge in [0.15, 0.2) is 0 Å². The summed E-state index contributed by atoms with van der Waals surface area (Å²) in [5.74, 6) is -1.33. The number of aliphatic hydroxyl groups excluding tert-OH is 2. The lowest BCUT2D eigenvalue weighted by molar-refractivity contribution is -0.233. The van der Waals surface area contributed by atoms with Crippen LogP contribution in [0.2, 0.25) is 0 Å². The van der Waals surface area contributed by atoms with Crippen molar-refractivity contribution in [2.45, 2.75) is 95.6 Å². The van der Waals surface area contributed by atoms with Crippen LogP contribution in [0.3, 0.4) is 0 Å². The van der Waals surface area contributed by atoms with Crippen LogP contribution >= 0.6 is 0 Å². The predicted molar refractivity (Wildman–Crippen MR) is 136 cm³/mol. The summed E-state index contributed by atoms with van der Waals surface area (Å²) in [5, 5.41) is 20.7. The van der Waals surface area contributed by atoms with Crippen LogP contribution in [0.25, 0.3) is 0 Å². The highest BCUT2D eigenvalue weighted by Gasteiger charge is 2.83. The maximum atomic E-state index is 13.0. The van der Waals surface area contributed by atoms with Crippen molar-refractivity contribution in [3.05, 3.63) is 36.0 Å². The first-order valence-corrected chi connectivity index (χ1v) is 13.7. The zero-order valence-electron chi connectivity index (χ0n) is 22.6. The number of hydrogen-bond donors (Lipinski definition) is 2. The number of allylic oxidation sites excluding steroid dienone is 3. The van der Waals surface area contributed by atoms with Crippen molar-refractivity contribution in [1.29, 1.82) is 0 Å². The number of esters is 2. The summed E-state index contributed by atoms with van der Waals surface area (Å²) in [6.07, 6.45) is 6.84.